The number of aryl methyl sites for hydroxylation is 1. The van der Waals surface area contributed by atoms with Crippen LogP contribution >= 0.6 is 0 Å². The van der Waals surface area contributed by atoms with Crippen molar-refractivity contribution in [3.05, 3.63) is 65.4 Å². The van der Waals surface area contributed by atoms with Crippen LogP contribution in [0.25, 0.3) is 10.9 Å². The highest BCUT2D eigenvalue weighted by Gasteiger charge is 2.22. The summed E-state index contributed by atoms with van der Waals surface area (Å²) < 4.78 is 18.7. The smallest absolute Gasteiger partial charge is 0.251 e. The van der Waals surface area contributed by atoms with Gasteiger partial charge in [-0.15, -0.1) is 0 Å². The van der Waals surface area contributed by atoms with Gasteiger partial charge in [0.25, 0.3) is 5.91 Å². The summed E-state index contributed by atoms with van der Waals surface area (Å²) in [6.07, 6.45) is -0.459. The van der Waals surface area contributed by atoms with Crippen LogP contribution in [0.1, 0.15) is 23.7 Å². The molecule has 0 spiro atoms. The van der Waals surface area contributed by atoms with E-state index in [-0.39, 0.29) is 5.91 Å². The van der Waals surface area contributed by atoms with Crippen LogP contribution < -0.4 is 4.74 Å². The molecule has 6 nitrogen and oxygen atoms in total. The first-order valence-electron chi connectivity index (χ1n) is 10.7. The van der Waals surface area contributed by atoms with Crippen LogP contribution in [0.3, 0.4) is 0 Å². The number of aromatic nitrogens is 1. The molecule has 1 fully saturated rings. The van der Waals surface area contributed by atoms with Gasteiger partial charge in [0.15, 0.2) is 0 Å². The number of nitrogens with zero attached hydrogens (tertiary/aromatic N) is 2. The quantitative estimate of drug-likeness (QED) is 0.585. The van der Waals surface area contributed by atoms with Crippen molar-refractivity contribution in [2.75, 3.05) is 33.4 Å². The lowest BCUT2D eigenvalue weighted by Crippen LogP contribution is -2.45. The molecule has 163 valence electrons. The molecule has 0 bridgehead atoms. The van der Waals surface area contributed by atoms with Crippen LogP contribution in [0.4, 0.5) is 0 Å². The Bertz CT molecular complexity index is 1040. The third-order valence-electron chi connectivity index (χ3n) is 5.75. The third kappa shape index (κ3) is 4.92. The molecule has 0 unspecified atom stereocenters. The Hall–Kier alpha value is -2.83. The summed E-state index contributed by atoms with van der Waals surface area (Å²) in [6, 6.07) is 17.8. The van der Waals surface area contributed by atoms with Gasteiger partial charge in [-0.3, -0.25) is 4.79 Å². The Morgan fingerprint density at radius 3 is 2.55 bits per heavy atom. The zero-order valence-corrected chi connectivity index (χ0v) is 18.4. The fourth-order valence-corrected chi connectivity index (χ4v) is 3.88. The number of methoxy groups -OCH3 is 1. The van der Waals surface area contributed by atoms with E-state index < -0.39 is 6.10 Å². The Kier molecular flexibility index (Phi) is 6.59. The van der Waals surface area contributed by atoms with Crippen molar-refractivity contribution < 1.29 is 19.0 Å². The van der Waals surface area contributed by atoms with Gasteiger partial charge in [-0.25, -0.2) is 0 Å². The third-order valence-corrected chi connectivity index (χ3v) is 5.75. The van der Waals surface area contributed by atoms with Crippen molar-refractivity contribution in [3.63, 3.8) is 0 Å². The van der Waals surface area contributed by atoms with Crippen LogP contribution in [-0.2, 0) is 27.4 Å². The van der Waals surface area contributed by atoms with E-state index in [4.69, 9.17) is 14.2 Å². The number of carbonyl (C=O) groups excluding carboxylic acids is 1. The number of amides is 1. The molecule has 1 radical (unpaired) electrons. The molecule has 1 atom stereocenters. The van der Waals surface area contributed by atoms with Gasteiger partial charge in [-0.05, 0) is 43.2 Å². The lowest BCUT2D eigenvalue weighted by atomic mass is 10.1. The highest BCUT2D eigenvalue weighted by Crippen LogP contribution is 2.25. The first-order valence-corrected chi connectivity index (χ1v) is 10.7. The van der Waals surface area contributed by atoms with Crippen LogP contribution in [0.15, 0.2) is 42.5 Å². The minimum absolute atomic E-state index is 0.0303. The van der Waals surface area contributed by atoms with E-state index >= 15 is 0 Å². The second-order valence-corrected chi connectivity index (χ2v) is 7.89. The summed E-state index contributed by atoms with van der Waals surface area (Å²) in [5.41, 5.74) is 4.48. The fourth-order valence-electron chi connectivity index (χ4n) is 3.88. The molecule has 1 saturated heterocycles. The van der Waals surface area contributed by atoms with Crippen LogP contribution in [-0.4, -0.2) is 54.9 Å². The van der Waals surface area contributed by atoms with Crippen molar-refractivity contribution in [2.45, 2.75) is 33.1 Å². The first-order chi connectivity index (χ1) is 15.0. The second kappa shape index (κ2) is 9.54. The number of hydrogen-bond acceptors (Lipinski definition) is 4. The van der Waals surface area contributed by atoms with Gasteiger partial charge in [0.05, 0.1) is 26.9 Å². The minimum atomic E-state index is -0.459. The summed E-state index contributed by atoms with van der Waals surface area (Å²) in [5.74, 6) is 0.870. The average molecular weight is 422 g/mol. The number of fused-ring (bicyclic) bond motifs is 1. The van der Waals surface area contributed by atoms with Crippen LogP contribution in [0.5, 0.6) is 5.75 Å². The van der Waals surface area contributed by atoms with Gasteiger partial charge in [0, 0.05) is 42.3 Å². The maximum atomic E-state index is 12.5. The number of carbonyl (C=O) groups is 1. The topological polar surface area (TPSA) is 52.9 Å². The molecule has 4 rings (SSSR count). The van der Waals surface area contributed by atoms with Gasteiger partial charge in [0.2, 0.25) is 0 Å². The maximum absolute atomic E-state index is 12.5. The highest BCUT2D eigenvalue weighted by molar-refractivity contribution is 5.82. The summed E-state index contributed by atoms with van der Waals surface area (Å²) in [6.45, 7) is 7.54. The molecular weight excluding hydrogens is 392 g/mol. The molecule has 0 saturated carbocycles. The van der Waals surface area contributed by atoms with Crippen molar-refractivity contribution >= 4 is 16.8 Å². The summed E-state index contributed by atoms with van der Waals surface area (Å²) in [5, 5.41) is 1.06. The lowest BCUT2D eigenvalue weighted by molar-refractivity contribution is -0.147. The van der Waals surface area contributed by atoms with Crippen molar-refractivity contribution in [2.24, 2.45) is 0 Å². The standard InChI is InChI=1S/C25H29N2O4/c1-18-14-22-15-23(29-3)8-9-24(22)27(18)16-20-4-6-21(7-5-20)17-31-19(2)25(28)26-10-12-30-13-11-26/h4-9,15,19H,10-13,16-17H2,1-3H3/t19-/m1/s1. The van der Waals surface area contributed by atoms with Crippen molar-refractivity contribution in [1.82, 2.24) is 9.47 Å². The fraction of sp³-hybridized carbons (Fsp3) is 0.400. The van der Waals surface area contributed by atoms with E-state index in [0.717, 1.165) is 34.5 Å². The zero-order chi connectivity index (χ0) is 21.8. The molecule has 0 N–H and O–H groups in total. The first kappa shape index (κ1) is 21.4. The van der Waals surface area contributed by atoms with Gasteiger partial charge in [-0.2, -0.15) is 0 Å². The van der Waals surface area contributed by atoms with Gasteiger partial charge < -0.3 is 23.7 Å². The van der Waals surface area contributed by atoms with Crippen LogP contribution in [0.2, 0.25) is 0 Å². The Morgan fingerprint density at radius 1 is 1.13 bits per heavy atom. The average Bonchev–Trinajstić information content (AvgIpc) is 3.12. The Morgan fingerprint density at radius 2 is 1.84 bits per heavy atom. The predicted molar refractivity (Wildman–Crippen MR) is 119 cm³/mol. The summed E-state index contributed by atoms with van der Waals surface area (Å²) in [7, 11) is 1.68. The number of morpholine rings is 1. The van der Waals surface area contributed by atoms with E-state index in [1.165, 1.54) is 5.56 Å². The molecule has 1 aliphatic heterocycles. The summed E-state index contributed by atoms with van der Waals surface area (Å²) >= 11 is 0. The number of hydrogen-bond donors (Lipinski definition) is 0. The maximum Gasteiger partial charge on any atom is 0.251 e. The molecule has 2 aromatic carbocycles. The Balaban J connectivity index is 1.37. The molecule has 2 heterocycles. The SMILES string of the molecule is COc1ccc2c([c]c(C)n2Cc2ccc(CO[C@H](C)C(=O)N3CCOCC3)cc2)c1. The summed E-state index contributed by atoms with van der Waals surface area (Å²) in [4.78, 5) is 14.3. The highest BCUT2D eigenvalue weighted by atomic mass is 16.5. The molecule has 1 aromatic heterocycles. The molecule has 31 heavy (non-hydrogen) atoms. The molecular formula is C25H29N2O4. The normalized spacial score (nSPS) is 15.3. The van der Waals surface area contributed by atoms with E-state index in [1.807, 2.05) is 24.0 Å². The lowest BCUT2D eigenvalue weighted by Gasteiger charge is -2.29. The van der Waals surface area contributed by atoms with E-state index in [2.05, 4.69) is 47.9 Å². The van der Waals surface area contributed by atoms with Gasteiger partial charge in [0.1, 0.15) is 11.9 Å². The van der Waals surface area contributed by atoms with E-state index in [0.29, 0.717) is 32.9 Å². The number of ether oxygens (including phenoxy) is 3. The predicted octanol–water partition coefficient (Wildman–Crippen LogP) is 3.57. The van der Waals surface area contributed by atoms with Crippen molar-refractivity contribution in [1.29, 1.82) is 0 Å². The molecule has 1 amide bonds. The monoisotopic (exact) mass is 421 g/mol. The van der Waals surface area contributed by atoms with Gasteiger partial charge in [-0.1, -0.05) is 24.3 Å². The van der Waals surface area contributed by atoms with Crippen LogP contribution in [0, 0.1) is 13.0 Å². The minimum Gasteiger partial charge on any atom is -0.497 e. The zero-order valence-electron chi connectivity index (χ0n) is 18.4. The molecule has 6 heteroatoms. The molecule has 3 aromatic rings. The molecule has 0 aliphatic carbocycles. The molecule has 1 aliphatic rings. The number of benzene rings is 2. The van der Waals surface area contributed by atoms with E-state index in [1.54, 1.807) is 7.11 Å². The van der Waals surface area contributed by atoms with Gasteiger partial charge >= 0.3 is 0 Å². The second-order valence-electron chi connectivity index (χ2n) is 7.89. The largest absolute Gasteiger partial charge is 0.497 e. The Labute approximate surface area is 183 Å². The number of rotatable bonds is 7. The van der Waals surface area contributed by atoms with Crippen molar-refractivity contribution in [3.8, 4) is 5.75 Å². The van der Waals surface area contributed by atoms with E-state index in [9.17, 15) is 4.79 Å².